The van der Waals surface area contributed by atoms with Gasteiger partial charge < -0.3 is 29.2 Å². The van der Waals surface area contributed by atoms with Crippen LogP contribution in [0.4, 0.5) is 5.82 Å². The standard InChI is InChI=1S/C17H21N5O10P2.Na/c1-9(5-28-33(23)24)3-4-18-14-11-15(20-7-19-14)22(8-21-11)16-13-12(31-17(27-2)32-13)10(30-16)6-29-34(25)26;/h3,7-8,10,12-13,16-17H,4-6H2,1-2H3,(H-,18,19,20,25,26);/q;+1/p+1/b9-3+;/t10-,12-,13-,16-,17?;/m1./s1. The van der Waals surface area contributed by atoms with Crippen molar-refractivity contribution in [2.45, 2.75) is 37.9 Å². The number of fused-ring (bicyclic) bond motifs is 2. The average Bonchev–Trinajstić information content (AvgIpc) is 3.50. The zero-order chi connectivity index (χ0) is 24.2. The summed E-state index contributed by atoms with van der Waals surface area (Å²) in [5.41, 5.74) is 1.64. The van der Waals surface area contributed by atoms with Crippen molar-refractivity contribution in [2.75, 3.05) is 32.2 Å². The van der Waals surface area contributed by atoms with Crippen molar-refractivity contribution >= 4 is 33.5 Å². The van der Waals surface area contributed by atoms with E-state index in [1.807, 2.05) is 0 Å². The van der Waals surface area contributed by atoms with E-state index in [1.54, 1.807) is 17.6 Å². The van der Waals surface area contributed by atoms with Crippen LogP contribution in [-0.4, -0.2) is 76.1 Å². The molecule has 0 aliphatic carbocycles. The Kier molecular flexibility index (Phi) is 10.6. The molecule has 15 nitrogen and oxygen atoms in total. The van der Waals surface area contributed by atoms with Gasteiger partial charge in [0.25, 0.3) is 6.48 Å². The minimum atomic E-state index is -2.90. The van der Waals surface area contributed by atoms with Gasteiger partial charge in [-0.25, -0.2) is 15.0 Å². The fourth-order valence-corrected chi connectivity index (χ4v) is 4.20. The fraction of sp³-hybridized carbons (Fsp3) is 0.588. The zero-order valence-electron chi connectivity index (χ0n) is 19.0. The van der Waals surface area contributed by atoms with E-state index in [4.69, 9.17) is 28.4 Å². The Hall–Kier alpha value is -1.03. The summed E-state index contributed by atoms with van der Waals surface area (Å²) >= 11 is 0. The van der Waals surface area contributed by atoms with Gasteiger partial charge in [0, 0.05) is 18.2 Å². The van der Waals surface area contributed by atoms with E-state index in [-0.39, 0.29) is 42.8 Å². The molecule has 4 heterocycles. The number of hydrogen-bond acceptors (Lipinski definition) is 13. The number of ether oxygens (including phenoxy) is 4. The molecule has 0 aromatic carbocycles. The van der Waals surface area contributed by atoms with Gasteiger partial charge in [0.2, 0.25) is 0 Å². The number of nitrogens with one attached hydrogen (secondary N) is 1. The van der Waals surface area contributed by atoms with E-state index >= 15 is 0 Å². The van der Waals surface area contributed by atoms with Crippen molar-refractivity contribution in [2.24, 2.45) is 0 Å². The molecule has 0 radical (unpaired) electrons. The number of nitrogens with zero attached hydrogens (tertiary/aromatic N) is 4. The van der Waals surface area contributed by atoms with Crippen molar-refractivity contribution in [1.82, 2.24) is 19.5 Å². The van der Waals surface area contributed by atoms with Gasteiger partial charge in [0.15, 0.2) is 23.2 Å². The molecule has 2 aromatic heterocycles. The predicted molar refractivity (Wildman–Crippen MR) is 111 cm³/mol. The third kappa shape index (κ3) is 6.84. The third-order valence-electron chi connectivity index (χ3n) is 5.11. The van der Waals surface area contributed by atoms with Crippen LogP contribution >= 0.6 is 16.5 Å². The van der Waals surface area contributed by atoms with Gasteiger partial charge in [-0.15, -0.1) is 13.9 Å². The number of anilines is 1. The van der Waals surface area contributed by atoms with E-state index in [0.29, 0.717) is 23.5 Å². The molecule has 0 amide bonds. The Morgan fingerprint density at radius 2 is 2.03 bits per heavy atom. The number of methoxy groups -OCH3 is 1. The van der Waals surface area contributed by atoms with E-state index in [9.17, 15) is 14.0 Å². The van der Waals surface area contributed by atoms with Crippen molar-refractivity contribution in [3.63, 3.8) is 0 Å². The molecule has 7 atom stereocenters. The summed E-state index contributed by atoms with van der Waals surface area (Å²) in [4.78, 5) is 32.4. The van der Waals surface area contributed by atoms with Crippen LogP contribution in [0.3, 0.4) is 0 Å². The quantitative estimate of drug-likeness (QED) is 0.173. The first-order valence-corrected chi connectivity index (χ1v) is 12.2. The van der Waals surface area contributed by atoms with E-state index in [1.165, 1.54) is 19.8 Å². The van der Waals surface area contributed by atoms with Gasteiger partial charge >= 0.3 is 46.1 Å². The number of rotatable bonds is 11. The fourth-order valence-electron chi connectivity index (χ4n) is 3.62. The van der Waals surface area contributed by atoms with Crippen LogP contribution in [0, 0.1) is 0 Å². The first kappa shape index (κ1) is 28.5. The summed E-state index contributed by atoms with van der Waals surface area (Å²) in [6, 6.07) is 0. The molecule has 2 saturated heterocycles. The number of aromatic nitrogens is 4. The Morgan fingerprint density at radius 3 is 2.74 bits per heavy atom. The molecular weight excluding hydrogens is 519 g/mol. The maximum absolute atomic E-state index is 11.0. The summed E-state index contributed by atoms with van der Waals surface area (Å²) in [6.07, 6.45) is 2.00. The van der Waals surface area contributed by atoms with Gasteiger partial charge in [0.1, 0.15) is 37.9 Å². The molecule has 4 rings (SSSR count). The van der Waals surface area contributed by atoms with Crippen molar-refractivity contribution in [3.8, 4) is 0 Å². The molecule has 0 saturated carbocycles. The molecule has 2 fully saturated rings. The molecule has 2 aliphatic rings. The predicted octanol–water partition coefficient (Wildman–Crippen LogP) is -2.50. The first-order valence-electron chi connectivity index (χ1n) is 10.00. The zero-order valence-corrected chi connectivity index (χ0v) is 22.8. The largest absolute Gasteiger partial charge is 1.00 e. The van der Waals surface area contributed by atoms with Crippen molar-refractivity contribution in [3.05, 3.63) is 24.3 Å². The summed E-state index contributed by atoms with van der Waals surface area (Å²) in [7, 11) is -4.28. The second kappa shape index (κ2) is 13.0. The second-order valence-electron chi connectivity index (χ2n) is 7.30. The van der Waals surface area contributed by atoms with Gasteiger partial charge in [-0.1, -0.05) is 6.08 Å². The molecule has 184 valence electrons. The molecule has 0 bridgehead atoms. The number of hydrogen-bond donors (Lipinski definition) is 2. The SMILES string of the molecule is COC1O[C@@H]2[C@H](O1)[C@@H](CO[P+](=O)O)O[C@H]2n1cnc2c(NC/C=C(\C)CO[P+](=O)[O-])ncnc21.[Na+]. The Balaban J connectivity index is 0.00000342. The molecular formula is C17H22N5NaO10P2+2. The minimum absolute atomic E-state index is 0. The average molecular weight is 541 g/mol. The van der Waals surface area contributed by atoms with Crippen LogP contribution in [0.15, 0.2) is 24.3 Å². The Labute approximate surface area is 223 Å². The van der Waals surface area contributed by atoms with Crippen LogP contribution in [0.25, 0.3) is 11.2 Å². The summed E-state index contributed by atoms with van der Waals surface area (Å²) < 4.78 is 55.2. The van der Waals surface area contributed by atoms with Crippen LogP contribution in [0.1, 0.15) is 13.2 Å². The van der Waals surface area contributed by atoms with Gasteiger partial charge in [-0.2, -0.15) is 0 Å². The Morgan fingerprint density at radius 1 is 1.26 bits per heavy atom. The molecule has 3 unspecified atom stereocenters. The summed E-state index contributed by atoms with van der Waals surface area (Å²) in [6.45, 7) is 0.943. The Bertz CT molecular complexity index is 1090. The van der Waals surface area contributed by atoms with Crippen molar-refractivity contribution in [1.29, 1.82) is 0 Å². The topological polar surface area (TPSA) is 188 Å². The molecule has 35 heavy (non-hydrogen) atoms. The first-order chi connectivity index (χ1) is 16.4. The van der Waals surface area contributed by atoms with Crippen molar-refractivity contribution < 1.29 is 76.5 Å². The van der Waals surface area contributed by atoms with E-state index in [0.717, 1.165) is 5.57 Å². The van der Waals surface area contributed by atoms with Crippen LogP contribution in [0.2, 0.25) is 0 Å². The number of imidazole rings is 1. The maximum atomic E-state index is 11.0. The smallest absolute Gasteiger partial charge is 0.566 e. The molecule has 2 aromatic rings. The summed E-state index contributed by atoms with van der Waals surface area (Å²) in [5.74, 6) is 0.452. The van der Waals surface area contributed by atoms with Crippen LogP contribution in [-0.2, 0) is 37.1 Å². The van der Waals surface area contributed by atoms with Crippen LogP contribution < -0.4 is 39.8 Å². The van der Waals surface area contributed by atoms with E-state index < -0.39 is 47.5 Å². The monoisotopic (exact) mass is 541 g/mol. The van der Waals surface area contributed by atoms with Gasteiger partial charge in [-0.05, 0) is 17.1 Å². The summed E-state index contributed by atoms with van der Waals surface area (Å²) in [5, 5.41) is 3.11. The second-order valence-corrected chi connectivity index (χ2v) is 8.74. The van der Waals surface area contributed by atoms with E-state index in [2.05, 4.69) is 24.8 Å². The molecule has 2 aliphatic heterocycles. The minimum Gasteiger partial charge on any atom is -0.566 e. The molecule has 2 N–H and O–H groups in total. The normalized spacial score (nSPS) is 27.0. The molecule has 0 spiro atoms. The third-order valence-corrected chi connectivity index (χ3v) is 5.82. The molecule has 18 heteroatoms. The van der Waals surface area contributed by atoms with Gasteiger partial charge in [0.05, 0.1) is 6.33 Å². The van der Waals surface area contributed by atoms with Crippen LogP contribution in [0.5, 0.6) is 0 Å². The van der Waals surface area contributed by atoms with Gasteiger partial charge in [-0.3, -0.25) is 4.57 Å². The maximum Gasteiger partial charge on any atom is 1.00 e.